The zero-order chi connectivity index (χ0) is 16.7. The van der Waals surface area contributed by atoms with Crippen LogP contribution in [0.5, 0.6) is 11.5 Å². The summed E-state index contributed by atoms with van der Waals surface area (Å²) in [6, 6.07) is 13.2. The van der Waals surface area contributed by atoms with Gasteiger partial charge < -0.3 is 20.0 Å². The molecule has 7 heteroatoms. The van der Waals surface area contributed by atoms with Crippen molar-refractivity contribution in [2.45, 2.75) is 6.54 Å². The van der Waals surface area contributed by atoms with E-state index in [1.807, 2.05) is 36.4 Å². The molecule has 0 aliphatic heterocycles. The van der Waals surface area contributed by atoms with Crippen LogP contribution < -0.4 is 20.3 Å². The molecule has 0 aliphatic rings. The largest absolute Gasteiger partial charge is 0.493 e. The molecule has 2 aromatic rings. The summed E-state index contributed by atoms with van der Waals surface area (Å²) in [5, 5.41) is 8.81. The number of carbonyl (C=O) groups is 1. The highest BCUT2D eigenvalue weighted by Crippen LogP contribution is 2.34. The lowest BCUT2D eigenvalue weighted by Crippen LogP contribution is -2.22. The Hall–Kier alpha value is -2.25. The first-order valence-electron chi connectivity index (χ1n) is 6.85. The Morgan fingerprint density at radius 3 is 2.65 bits per heavy atom. The molecule has 122 valence electrons. The molecule has 0 saturated heterocycles. The van der Waals surface area contributed by atoms with Gasteiger partial charge in [0.15, 0.2) is 18.1 Å². The number of hydrogen-bond acceptors (Lipinski definition) is 5. The number of nitrogens with one attached hydrogen (secondary N) is 2. The molecule has 6 nitrogen and oxygen atoms in total. The maximum atomic E-state index is 10.7. The predicted molar refractivity (Wildman–Crippen MR) is 90.7 cm³/mol. The van der Waals surface area contributed by atoms with Crippen LogP contribution in [0.25, 0.3) is 0 Å². The minimum absolute atomic E-state index is 0.403. The Morgan fingerprint density at radius 1 is 1.26 bits per heavy atom. The third-order valence-electron chi connectivity index (χ3n) is 2.94. The molecule has 2 rings (SSSR count). The summed E-state index contributed by atoms with van der Waals surface area (Å²) in [7, 11) is 1.51. The van der Waals surface area contributed by atoms with Crippen molar-refractivity contribution >= 4 is 27.6 Å². The maximum absolute atomic E-state index is 10.7. The Kier molecular flexibility index (Phi) is 6.25. The van der Waals surface area contributed by atoms with Crippen LogP contribution in [-0.2, 0) is 11.3 Å². The third-order valence-corrected chi connectivity index (χ3v) is 3.40. The number of ether oxygens (including phenoxy) is 2. The number of carboxylic acids is 1. The number of rotatable bonds is 8. The minimum atomic E-state index is -1.05. The Labute approximate surface area is 142 Å². The van der Waals surface area contributed by atoms with Gasteiger partial charge in [0.1, 0.15) is 0 Å². The highest BCUT2D eigenvalue weighted by molar-refractivity contribution is 9.10. The van der Waals surface area contributed by atoms with E-state index in [2.05, 4.69) is 26.8 Å². The van der Waals surface area contributed by atoms with Gasteiger partial charge in [-0.3, -0.25) is 0 Å². The number of hydrogen-bond donors (Lipinski definition) is 3. The van der Waals surface area contributed by atoms with Crippen LogP contribution in [0.1, 0.15) is 5.56 Å². The average molecular weight is 381 g/mol. The number of anilines is 1. The maximum Gasteiger partial charge on any atom is 0.341 e. The summed E-state index contributed by atoms with van der Waals surface area (Å²) in [5.41, 5.74) is 7.82. The summed E-state index contributed by atoms with van der Waals surface area (Å²) in [6.07, 6.45) is 0. The van der Waals surface area contributed by atoms with Crippen molar-refractivity contribution in [2.75, 3.05) is 19.1 Å². The molecular formula is C16H17BrN2O4. The molecule has 0 bridgehead atoms. The van der Waals surface area contributed by atoms with E-state index in [1.165, 1.54) is 7.11 Å². The van der Waals surface area contributed by atoms with E-state index in [4.69, 9.17) is 14.6 Å². The van der Waals surface area contributed by atoms with E-state index in [0.29, 0.717) is 18.0 Å². The minimum Gasteiger partial charge on any atom is -0.493 e. The Morgan fingerprint density at radius 2 is 2.00 bits per heavy atom. The molecule has 2 aromatic carbocycles. The fraction of sp³-hybridized carbons (Fsp3) is 0.188. The summed E-state index contributed by atoms with van der Waals surface area (Å²) >= 11 is 3.40. The molecule has 0 amide bonds. The first kappa shape index (κ1) is 17.1. The molecule has 0 spiro atoms. The van der Waals surface area contributed by atoms with Gasteiger partial charge >= 0.3 is 5.97 Å². The van der Waals surface area contributed by atoms with Crippen LogP contribution in [0.4, 0.5) is 5.69 Å². The molecule has 23 heavy (non-hydrogen) atoms. The number of para-hydroxylation sites is 1. The van der Waals surface area contributed by atoms with E-state index < -0.39 is 12.6 Å². The normalized spacial score (nSPS) is 10.2. The summed E-state index contributed by atoms with van der Waals surface area (Å²) in [4.78, 5) is 10.7. The first-order chi connectivity index (χ1) is 11.1. The zero-order valence-corrected chi connectivity index (χ0v) is 14.1. The molecular weight excluding hydrogens is 364 g/mol. The van der Waals surface area contributed by atoms with Crippen LogP contribution in [0.3, 0.4) is 0 Å². The van der Waals surface area contributed by atoms with E-state index in [1.54, 1.807) is 6.07 Å². The van der Waals surface area contributed by atoms with Gasteiger partial charge in [-0.1, -0.05) is 34.1 Å². The number of carboxylic acid groups (broad SMARTS) is 1. The summed E-state index contributed by atoms with van der Waals surface area (Å²) in [5.74, 6) is -0.172. The molecule has 0 aromatic heterocycles. The molecule has 0 aliphatic carbocycles. The summed E-state index contributed by atoms with van der Waals surface area (Å²) in [6.45, 7) is -0.0171. The fourth-order valence-electron chi connectivity index (χ4n) is 1.97. The van der Waals surface area contributed by atoms with Gasteiger partial charge in [0.2, 0.25) is 0 Å². The molecule has 3 N–H and O–H groups in total. The standard InChI is InChI=1S/C16H17BrN2O4/c1-22-14-8-12(17)7-11(16(14)23-10-15(20)21)9-18-19-13-5-3-2-4-6-13/h2-8,18-19H,9-10H2,1H3,(H,20,21). The van der Waals surface area contributed by atoms with Crippen molar-refractivity contribution < 1.29 is 19.4 Å². The predicted octanol–water partition coefficient (Wildman–Crippen LogP) is 3.04. The molecule has 0 radical (unpaired) electrons. The van der Waals surface area contributed by atoms with Crippen LogP contribution in [-0.4, -0.2) is 24.8 Å². The van der Waals surface area contributed by atoms with Gasteiger partial charge in [-0.2, -0.15) is 0 Å². The topological polar surface area (TPSA) is 79.8 Å². The lowest BCUT2D eigenvalue weighted by atomic mass is 10.2. The van der Waals surface area contributed by atoms with Crippen molar-refractivity contribution in [2.24, 2.45) is 0 Å². The number of methoxy groups -OCH3 is 1. The molecule has 0 saturated carbocycles. The van der Waals surface area contributed by atoms with Crippen molar-refractivity contribution in [3.05, 3.63) is 52.5 Å². The van der Waals surface area contributed by atoms with E-state index >= 15 is 0 Å². The van der Waals surface area contributed by atoms with Gasteiger partial charge in [-0.05, 0) is 24.3 Å². The van der Waals surface area contributed by atoms with Crippen molar-refractivity contribution in [3.63, 3.8) is 0 Å². The van der Waals surface area contributed by atoms with Gasteiger partial charge in [-0.15, -0.1) is 0 Å². The van der Waals surface area contributed by atoms with Gasteiger partial charge in [-0.25, -0.2) is 10.2 Å². The van der Waals surface area contributed by atoms with E-state index in [9.17, 15) is 4.79 Å². The molecule has 0 fully saturated rings. The van der Waals surface area contributed by atoms with Crippen LogP contribution in [0.2, 0.25) is 0 Å². The summed E-state index contributed by atoms with van der Waals surface area (Å²) < 4.78 is 11.4. The van der Waals surface area contributed by atoms with Crippen molar-refractivity contribution in [1.82, 2.24) is 5.43 Å². The SMILES string of the molecule is COc1cc(Br)cc(CNNc2ccccc2)c1OCC(=O)O. The van der Waals surface area contributed by atoms with Gasteiger partial charge in [0, 0.05) is 22.3 Å². The quantitative estimate of drug-likeness (QED) is 0.610. The Bertz CT molecular complexity index is 665. The third kappa shape index (κ3) is 5.15. The Balaban J connectivity index is 2.11. The second kappa shape index (κ2) is 8.40. The second-order valence-corrected chi connectivity index (χ2v) is 5.54. The zero-order valence-electron chi connectivity index (χ0n) is 12.5. The smallest absolute Gasteiger partial charge is 0.341 e. The van der Waals surface area contributed by atoms with Crippen molar-refractivity contribution in [1.29, 1.82) is 0 Å². The van der Waals surface area contributed by atoms with Gasteiger partial charge in [0.05, 0.1) is 7.11 Å². The van der Waals surface area contributed by atoms with Gasteiger partial charge in [0.25, 0.3) is 0 Å². The molecule has 0 unspecified atom stereocenters. The molecule has 0 atom stereocenters. The second-order valence-electron chi connectivity index (χ2n) is 4.62. The lowest BCUT2D eigenvalue weighted by Gasteiger charge is -2.16. The van der Waals surface area contributed by atoms with Crippen LogP contribution >= 0.6 is 15.9 Å². The monoisotopic (exact) mass is 380 g/mol. The molecule has 0 heterocycles. The number of hydrazine groups is 1. The fourth-order valence-corrected chi connectivity index (χ4v) is 2.45. The first-order valence-corrected chi connectivity index (χ1v) is 7.64. The highest BCUT2D eigenvalue weighted by atomic mass is 79.9. The average Bonchev–Trinajstić information content (AvgIpc) is 2.54. The van der Waals surface area contributed by atoms with E-state index in [0.717, 1.165) is 15.7 Å². The van der Waals surface area contributed by atoms with Crippen LogP contribution in [0.15, 0.2) is 46.9 Å². The number of halogens is 1. The highest BCUT2D eigenvalue weighted by Gasteiger charge is 2.14. The van der Waals surface area contributed by atoms with Crippen molar-refractivity contribution in [3.8, 4) is 11.5 Å². The number of aliphatic carboxylic acids is 1. The van der Waals surface area contributed by atoms with E-state index in [-0.39, 0.29) is 0 Å². The number of benzene rings is 2. The lowest BCUT2D eigenvalue weighted by molar-refractivity contribution is -0.139. The van der Waals surface area contributed by atoms with Crippen LogP contribution in [0, 0.1) is 0 Å².